The van der Waals surface area contributed by atoms with Crippen molar-refractivity contribution in [1.82, 2.24) is 14.5 Å². The lowest BCUT2D eigenvalue weighted by Gasteiger charge is -2.00. The van der Waals surface area contributed by atoms with Crippen LogP contribution < -0.4 is 4.87 Å². The number of hydrogen-bond donors (Lipinski definition) is 1. The van der Waals surface area contributed by atoms with E-state index in [2.05, 4.69) is 10.2 Å². The fourth-order valence-electron chi connectivity index (χ4n) is 2.54. The Kier molecular flexibility index (Phi) is 4.20. The number of para-hydroxylation sites is 1. The molecule has 0 atom stereocenters. The molecule has 4 aromatic rings. The number of rotatable bonds is 4. The summed E-state index contributed by atoms with van der Waals surface area (Å²) in [6, 6.07) is 19.5. The zero-order chi connectivity index (χ0) is 17.9. The Labute approximate surface area is 152 Å². The number of thiazole rings is 1. The first-order valence-corrected chi connectivity index (χ1v) is 8.75. The molecule has 6 nitrogen and oxygen atoms in total. The van der Waals surface area contributed by atoms with E-state index in [1.54, 1.807) is 4.68 Å². The van der Waals surface area contributed by atoms with Crippen molar-refractivity contribution in [2.75, 3.05) is 0 Å². The Morgan fingerprint density at radius 2 is 1.73 bits per heavy atom. The van der Waals surface area contributed by atoms with Gasteiger partial charge >= 0.3 is 4.87 Å². The smallest absolute Gasteiger partial charge is 0.330 e. The first-order valence-electron chi connectivity index (χ1n) is 7.87. The van der Waals surface area contributed by atoms with Crippen LogP contribution in [0, 0.1) is 0 Å². The van der Waals surface area contributed by atoms with Gasteiger partial charge in [0, 0.05) is 17.3 Å². The van der Waals surface area contributed by atoms with Gasteiger partial charge in [-0.2, -0.15) is 14.9 Å². The van der Waals surface area contributed by atoms with Crippen LogP contribution in [-0.4, -0.2) is 25.8 Å². The molecule has 128 valence electrons. The van der Waals surface area contributed by atoms with Gasteiger partial charge in [0.05, 0.1) is 17.3 Å². The second-order valence-corrected chi connectivity index (χ2v) is 6.32. The summed E-state index contributed by atoms with van der Waals surface area (Å²) in [4.78, 5) is 11.4. The van der Waals surface area contributed by atoms with Gasteiger partial charge in [-0.25, -0.2) is 4.68 Å². The Morgan fingerprint density at radius 3 is 2.38 bits per heavy atom. The number of aromatic nitrogens is 3. The summed E-state index contributed by atoms with van der Waals surface area (Å²) in [6.07, 6.45) is 3.37. The highest BCUT2D eigenvalue weighted by molar-refractivity contribution is 7.07. The van der Waals surface area contributed by atoms with E-state index in [9.17, 15) is 9.90 Å². The Hall–Kier alpha value is -3.45. The third kappa shape index (κ3) is 3.07. The van der Waals surface area contributed by atoms with Crippen molar-refractivity contribution in [3.8, 4) is 22.8 Å². The monoisotopic (exact) mass is 362 g/mol. The van der Waals surface area contributed by atoms with Crippen molar-refractivity contribution in [1.29, 1.82) is 0 Å². The van der Waals surface area contributed by atoms with Crippen LogP contribution >= 0.6 is 11.3 Å². The highest BCUT2D eigenvalue weighted by Crippen LogP contribution is 2.22. The Bertz CT molecular complexity index is 1110. The van der Waals surface area contributed by atoms with Gasteiger partial charge in [0.15, 0.2) is 0 Å². The van der Waals surface area contributed by atoms with Crippen LogP contribution in [0.25, 0.3) is 16.9 Å². The molecule has 2 aromatic heterocycles. The molecular formula is C19H14N4O2S. The first-order chi connectivity index (χ1) is 12.7. The summed E-state index contributed by atoms with van der Waals surface area (Å²) in [6.45, 7) is 0. The summed E-state index contributed by atoms with van der Waals surface area (Å²) in [7, 11) is 0. The van der Waals surface area contributed by atoms with Gasteiger partial charge in [-0.05, 0) is 12.1 Å². The first kappa shape index (κ1) is 16.0. The molecule has 0 spiro atoms. The average Bonchev–Trinajstić information content (AvgIpc) is 3.25. The van der Waals surface area contributed by atoms with E-state index in [0.29, 0.717) is 0 Å². The molecule has 0 saturated carbocycles. The van der Waals surface area contributed by atoms with E-state index >= 15 is 0 Å². The lowest BCUT2D eigenvalue weighted by Crippen LogP contribution is -2.07. The van der Waals surface area contributed by atoms with E-state index in [1.807, 2.05) is 66.9 Å². The molecule has 2 heterocycles. The minimum absolute atomic E-state index is 0.187. The highest BCUT2D eigenvalue weighted by Gasteiger charge is 2.11. The van der Waals surface area contributed by atoms with Crippen molar-refractivity contribution < 1.29 is 5.11 Å². The van der Waals surface area contributed by atoms with Gasteiger partial charge < -0.3 is 5.11 Å². The Morgan fingerprint density at radius 1 is 1.04 bits per heavy atom. The lowest BCUT2D eigenvalue weighted by atomic mass is 10.1. The fourth-order valence-corrected chi connectivity index (χ4v) is 3.08. The van der Waals surface area contributed by atoms with E-state index in [-0.39, 0.29) is 10.8 Å². The molecule has 4 rings (SSSR count). The molecule has 0 aliphatic rings. The molecule has 2 aromatic carbocycles. The second-order valence-electron chi connectivity index (χ2n) is 5.50. The molecule has 26 heavy (non-hydrogen) atoms. The van der Waals surface area contributed by atoms with Gasteiger partial charge in [-0.15, -0.1) is 0 Å². The molecule has 7 heteroatoms. The second kappa shape index (κ2) is 6.81. The third-order valence-electron chi connectivity index (χ3n) is 3.78. The van der Waals surface area contributed by atoms with E-state index < -0.39 is 0 Å². The van der Waals surface area contributed by atoms with Crippen molar-refractivity contribution in [2.45, 2.75) is 0 Å². The highest BCUT2D eigenvalue weighted by atomic mass is 32.1. The molecule has 0 aliphatic carbocycles. The van der Waals surface area contributed by atoms with Gasteiger partial charge in [0.25, 0.3) is 0 Å². The predicted molar refractivity (Wildman–Crippen MR) is 102 cm³/mol. The summed E-state index contributed by atoms with van der Waals surface area (Å²) in [5.74, 6) is -0.187. The van der Waals surface area contributed by atoms with Gasteiger partial charge in [0.2, 0.25) is 5.88 Å². The molecular weight excluding hydrogens is 348 g/mol. The third-order valence-corrected chi connectivity index (χ3v) is 4.48. The molecule has 0 aliphatic heterocycles. The van der Waals surface area contributed by atoms with Crippen LogP contribution in [0.4, 0.5) is 0 Å². The molecule has 0 radical (unpaired) electrons. The fraction of sp³-hybridized carbons (Fsp3) is 0. The number of nitrogens with zero attached hydrogens (tertiary/aromatic N) is 4. The molecule has 0 saturated heterocycles. The molecule has 0 bridgehead atoms. The average molecular weight is 362 g/mol. The summed E-state index contributed by atoms with van der Waals surface area (Å²) < 4.78 is 2.72. The summed E-state index contributed by atoms with van der Waals surface area (Å²) in [5.41, 5.74) is 3.32. The molecule has 0 amide bonds. The maximum atomic E-state index is 11.7. The van der Waals surface area contributed by atoms with Crippen LogP contribution in [0.15, 0.2) is 82.1 Å². The standard InChI is InChI=1S/C19H14N4O2S/c24-17-13-26-19(25)23(17)20-11-15-12-22(16-9-5-2-6-10-16)21-18(15)14-7-3-1-4-8-14/h1-13,24H. The van der Waals surface area contributed by atoms with Crippen LogP contribution in [0.2, 0.25) is 0 Å². The van der Waals surface area contributed by atoms with Crippen molar-refractivity contribution in [3.05, 3.63) is 87.5 Å². The van der Waals surface area contributed by atoms with Gasteiger partial charge in [-0.3, -0.25) is 4.79 Å². The Balaban J connectivity index is 1.82. The number of benzene rings is 2. The minimum Gasteiger partial charge on any atom is -0.493 e. The van der Waals surface area contributed by atoms with Crippen molar-refractivity contribution >= 4 is 17.6 Å². The quantitative estimate of drug-likeness (QED) is 0.566. The summed E-state index contributed by atoms with van der Waals surface area (Å²) in [5, 5.41) is 19.9. The van der Waals surface area contributed by atoms with E-state index in [0.717, 1.165) is 38.5 Å². The topological polar surface area (TPSA) is 72.4 Å². The van der Waals surface area contributed by atoms with Crippen molar-refractivity contribution in [3.63, 3.8) is 0 Å². The molecule has 1 N–H and O–H groups in total. The number of hydrogen-bond acceptors (Lipinski definition) is 5. The normalized spacial score (nSPS) is 11.2. The minimum atomic E-state index is -0.351. The van der Waals surface area contributed by atoms with E-state index in [1.165, 1.54) is 11.6 Å². The van der Waals surface area contributed by atoms with Gasteiger partial charge in [0.1, 0.15) is 5.69 Å². The maximum absolute atomic E-state index is 11.7. The largest absolute Gasteiger partial charge is 0.493 e. The molecule has 0 fully saturated rings. The van der Waals surface area contributed by atoms with Crippen LogP contribution in [0.3, 0.4) is 0 Å². The maximum Gasteiger partial charge on any atom is 0.330 e. The zero-order valence-electron chi connectivity index (χ0n) is 13.6. The predicted octanol–water partition coefficient (Wildman–Crippen LogP) is 3.35. The summed E-state index contributed by atoms with van der Waals surface area (Å²) >= 11 is 0.892. The SMILES string of the molecule is O=c1scc(O)n1N=Cc1cn(-c2ccccc2)nc1-c1ccccc1. The van der Waals surface area contributed by atoms with Crippen LogP contribution in [0.5, 0.6) is 5.88 Å². The number of aromatic hydroxyl groups is 1. The van der Waals surface area contributed by atoms with Crippen molar-refractivity contribution in [2.24, 2.45) is 5.10 Å². The molecule has 0 unspecified atom stereocenters. The zero-order valence-corrected chi connectivity index (χ0v) is 14.4. The van der Waals surface area contributed by atoms with Gasteiger partial charge in [-0.1, -0.05) is 59.9 Å². The van der Waals surface area contributed by atoms with Crippen LogP contribution in [0.1, 0.15) is 5.56 Å². The van der Waals surface area contributed by atoms with Crippen LogP contribution in [-0.2, 0) is 0 Å². The van der Waals surface area contributed by atoms with E-state index in [4.69, 9.17) is 0 Å². The lowest BCUT2D eigenvalue weighted by molar-refractivity contribution is 0.427.